The van der Waals surface area contributed by atoms with E-state index in [0.29, 0.717) is 6.42 Å². The second-order valence-electron chi connectivity index (χ2n) is 12.5. The molecule has 0 bridgehead atoms. The third kappa shape index (κ3) is 15.0. The van der Waals surface area contributed by atoms with Crippen LogP contribution in [0.15, 0.2) is 0 Å². The zero-order valence-electron chi connectivity index (χ0n) is 29.0. The first-order valence-electron chi connectivity index (χ1n) is 16.3. The number of hydrogen-bond acceptors (Lipinski definition) is 11. The Morgan fingerprint density at radius 3 is 1.80 bits per heavy atom. The van der Waals surface area contributed by atoms with Gasteiger partial charge in [-0.15, -0.1) is 0 Å². The highest BCUT2D eigenvalue weighted by atomic mass is 16.4. The van der Waals surface area contributed by atoms with E-state index in [1.807, 2.05) is 0 Å². The van der Waals surface area contributed by atoms with Crippen molar-refractivity contribution in [3.05, 3.63) is 0 Å². The van der Waals surface area contributed by atoms with Crippen LogP contribution in [0, 0.1) is 11.8 Å². The van der Waals surface area contributed by atoms with Gasteiger partial charge < -0.3 is 58.5 Å². The van der Waals surface area contributed by atoms with E-state index in [2.05, 4.69) is 31.9 Å². The van der Waals surface area contributed by atoms with Crippen molar-refractivity contribution >= 4 is 59.2 Å². The predicted molar refractivity (Wildman–Crippen MR) is 176 cm³/mol. The molecule has 1 aliphatic heterocycles. The van der Waals surface area contributed by atoms with Crippen LogP contribution in [0.1, 0.15) is 59.8 Å². The Kier molecular flexibility index (Phi) is 18.0. The standard InChI is InChI=1S/C30H49N9O12/c1-14(2)24(37-21(42)12-33-20(41)11-31)28(49)36-17(10-22(43)44)26(47)38-25(15(3)4)29(50)35-16(7-8-19(32)40)30(51)39-9-5-6-18(39)27(48)34-13-23(45)46/h14-18,24-25H,5-13,31H2,1-4H3,(H2,32,40)(H,33,41)(H,34,48)(H,35,50)(H,36,49)(H,37,42)(H,38,47)(H,43,44)(H,45,46)/t16-,17-,18-,24-,25-/m0/s1. The number of nitrogens with two attached hydrogens (primary N) is 2. The summed E-state index contributed by atoms with van der Waals surface area (Å²) in [4.78, 5) is 125. The van der Waals surface area contributed by atoms with Crippen molar-refractivity contribution in [1.29, 1.82) is 0 Å². The summed E-state index contributed by atoms with van der Waals surface area (Å²) in [5, 5.41) is 32.4. The van der Waals surface area contributed by atoms with Crippen LogP contribution in [-0.4, -0.2) is 131 Å². The molecule has 1 aliphatic rings. The zero-order valence-corrected chi connectivity index (χ0v) is 29.0. The average molecular weight is 728 g/mol. The van der Waals surface area contributed by atoms with Crippen LogP contribution >= 0.6 is 0 Å². The summed E-state index contributed by atoms with van der Waals surface area (Å²) in [5.41, 5.74) is 10.5. The van der Waals surface area contributed by atoms with E-state index < -0.39 is 121 Å². The number of carbonyl (C=O) groups excluding carboxylic acids is 8. The highest BCUT2D eigenvalue weighted by Crippen LogP contribution is 2.20. The van der Waals surface area contributed by atoms with E-state index in [-0.39, 0.29) is 32.4 Å². The fourth-order valence-corrected chi connectivity index (χ4v) is 5.03. The van der Waals surface area contributed by atoms with Gasteiger partial charge in [0, 0.05) is 13.0 Å². The molecule has 21 heteroatoms. The van der Waals surface area contributed by atoms with E-state index >= 15 is 0 Å². The monoisotopic (exact) mass is 727 g/mol. The van der Waals surface area contributed by atoms with E-state index in [9.17, 15) is 53.1 Å². The maximum absolute atomic E-state index is 13.6. The summed E-state index contributed by atoms with van der Waals surface area (Å²) < 4.78 is 0. The van der Waals surface area contributed by atoms with Gasteiger partial charge in [0.15, 0.2) is 0 Å². The molecule has 1 saturated heterocycles. The van der Waals surface area contributed by atoms with Gasteiger partial charge in [-0.05, 0) is 31.1 Å². The van der Waals surface area contributed by atoms with Crippen molar-refractivity contribution < 1.29 is 58.2 Å². The lowest BCUT2D eigenvalue weighted by molar-refractivity contribution is -0.144. The van der Waals surface area contributed by atoms with Crippen molar-refractivity contribution in [3.63, 3.8) is 0 Å². The maximum Gasteiger partial charge on any atom is 0.322 e. The molecule has 0 saturated carbocycles. The number of carboxylic acids is 2. The molecule has 0 spiro atoms. The summed E-state index contributed by atoms with van der Waals surface area (Å²) in [6.45, 7) is 4.73. The van der Waals surface area contributed by atoms with Gasteiger partial charge in [-0.2, -0.15) is 0 Å². The van der Waals surface area contributed by atoms with Crippen LogP contribution in [0.2, 0.25) is 0 Å². The number of amides is 8. The first kappa shape index (κ1) is 43.7. The van der Waals surface area contributed by atoms with E-state index in [0.717, 1.165) is 4.90 Å². The molecule has 286 valence electrons. The summed E-state index contributed by atoms with van der Waals surface area (Å²) in [6, 6.07) is -6.86. The number of primary amides is 1. The zero-order chi connectivity index (χ0) is 39.0. The first-order chi connectivity index (χ1) is 23.8. The van der Waals surface area contributed by atoms with Gasteiger partial charge in [-0.3, -0.25) is 47.9 Å². The van der Waals surface area contributed by atoms with Crippen molar-refractivity contribution in [2.45, 2.75) is 90.0 Å². The molecule has 0 radical (unpaired) electrons. The Bertz CT molecular complexity index is 1340. The van der Waals surface area contributed by atoms with E-state index in [1.165, 1.54) is 13.8 Å². The Morgan fingerprint density at radius 2 is 1.29 bits per heavy atom. The minimum atomic E-state index is -1.74. The molecule has 0 aliphatic carbocycles. The molecular formula is C30H49N9O12. The lowest BCUT2D eigenvalue weighted by Crippen LogP contribution is -2.61. The fraction of sp³-hybridized carbons (Fsp3) is 0.667. The van der Waals surface area contributed by atoms with Gasteiger partial charge in [-0.1, -0.05) is 27.7 Å². The van der Waals surface area contributed by atoms with Gasteiger partial charge in [0.05, 0.1) is 19.5 Å². The van der Waals surface area contributed by atoms with Crippen LogP contribution in [0.5, 0.6) is 0 Å². The summed E-state index contributed by atoms with van der Waals surface area (Å²) in [7, 11) is 0. The van der Waals surface area contributed by atoms with Gasteiger partial charge in [0.25, 0.3) is 0 Å². The molecule has 1 fully saturated rings. The van der Waals surface area contributed by atoms with Crippen molar-refractivity contribution in [1.82, 2.24) is 36.8 Å². The molecule has 0 aromatic rings. The third-order valence-corrected chi connectivity index (χ3v) is 7.70. The molecule has 21 nitrogen and oxygen atoms in total. The Labute approximate surface area is 293 Å². The molecular weight excluding hydrogens is 678 g/mol. The first-order valence-corrected chi connectivity index (χ1v) is 16.3. The second kappa shape index (κ2) is 21.0. The summed E-state index contributed by atoms with van der Waals surface area (Å²) in [5.74, 6) is -10.6. The second-order valence-corrected chi connectivity index (χ2v) is 12.5. The highest BCUT2D eigenvalue weighted by molar-refractivity contribution is 5.98. The summed E-state index contributed by atoms with van der Waals surface area (Å²) in [6.07, 6.45) is -0.954. The minimum Gasteiger partial charge on any atom is -0.481 e. The average Bonchev–Trinajstić information content (AvgIpc) is 3.54. The molecule has 51 heavy (non-hydrogen) atoms. The number of rotatable bonds is 21. The minimum absolute atomic E-state index is 0.0913. The fourth-order valence-electron chi connectivity index (χ4n) is 5.03. The normalized spacial score (nSPS) is 16.2. The Balaban J connectivity index is 3.19. The van der Waals surface area contributed by atoms with E-state index in [1.54, 1.807) is 13.8 Å². The maximum atomic E-state index is 13.6. The lowest BCUT2D eigenvalue weighted by Gasteiger charge is -2.31. The number of nitrogens with one attached hydrogen (secondary N) is 6. The molecule has 0 aromatic carbocycles. The van der Waals surface area contributed by atoms with Crippen LogP contribution in [0.3, 0.4) is 0 Å². The SMILES string of the molecule is CC(C)[C@H](NC(=O)CNC(=O)CN)C(=O)N[C@@H](CC(=O)O)C(=O)N[C@H](C(=O)N[C@@H](CCC(N)=O)C(=O)N1CCC[C@H]1C(=O)NCC(=O)O)C(C)C. The number of carboxylic acid groups (broad SMARTS) is 2. The molecule has 0 unspecified atom stereocenters. The number of carbonyl (C=O) groups is 10. The molecule has 12 N–H and O–H groups in total. The van der Waals surface area contributed by atoms with Crippen LogP contribution in [0.4, 0.5) is 0 Å². The molecule has 1 heterocycles. The van der Waals surface area contributed by atoms with Crippen molar-refractivity contribution in [3.8, 4) is 0 Å². The number of nitrogens with zero attached hydrogens (tertiary/aromatic N) is 1. The number of hydrogen-bond donors (Lipinski definition) is 10. The molecule has 8 amide bonds. The molecule has 0 aromatic heterocycles. The van der Waals surface area contributed by atoms with E-state index in [4.69, 9.17) is 16.6 Å². The van der Waals surface area contributed by atoms with Gasteiger partial charge >= 0.3 is 11.9 Å². The number of aliphatic carboxylic acids is 2. The van der Waals surface area contributed by atoms with Crippen LogP contribution in [0.25, 0.3) is 0 Å². The van der Waals surface area contributed by atoms with Crippen molar-refractivity contribution in [2.24, 2.45) is 23.3 Å². The highest BCUT2D eigenvalue weighted by Gasteiger charge is 2.39. The predicted octanol–water partition coefficient (Wildman–Crippen LogP) is -4.76. The van der Waals surface area contributed by atoms with Crippen LogP contribution in [-0.2, 0) is 47.9 Å². The largest absolute Gasteiger partial charge is 0.481 e. The molecule has 1 rings (SSSR count). The van der Waals surface area contributed by atoms with Gasteiger partial charge in [0.1, 0.15) is 36.8 Å². The van der Waals surface area contributed by atoms with Crippen molar-refractivity contribution in [2.75, 3.05) is 26.2 Å². The quantitative estimate of drug-likeness (QED) is 0.0532. The Morgan fingerprint density at radius 1 is 0.725 bits per heavy atom. The third-order valence-electron chi connectivity index (χ3n) is 7.70. The van der Waals surface area contributed by atoms with Gasteiger partial charge in [0.2, 0.25) is 47.3 Å². The summed E-state index contributed by atoms with van der Waals surface area (Å²) >= 11 is 0. The number of likely N-dealkylation sites (tertiary alicyclic amines) is 1. The van der Waals surface area contributed by atoms with Gasteiger partial charge in [-0.25, -0.2) is 0 Å². The Hall–Kier alpha value is -5.34. The smallest absolute Gasteiger partial charge is 0.322 e. The van der Waals surface area contributed by atoms with Crippen LogP contribution < -0.4 is 43.4 Å². The topological polar surface area (TPSA) is 339 Å². The lowest BCUT2D eigenvalue weighted by atomic mass is 10.00. The molecule has 5 atom stereocenters.